The first-order valence-electron chi connectivity index (χ1n) is 10.2. The zero-order chi connectivity index (χ0) is 21.5. The monoisotopic (exact) mass is 435 g/mol. The summed E-state index contributed by atoms with van der Waals surface area (Å²) in [6.07, 6.45) is 1.42. The molecular formula is C25H25NO4S. The average Bonchev–Trinajstić information content (AvgIpc) is 3.27. The SMILES string of the molecule is COc1ccc(C[C@H](Cc2ccc3c(c2)OCO3)NC(=O)CSc2ccccc2)cc1. The summed E-state index contributed by atoms with van der Waals surface area (Å²) in [6, 6.07) is 23.8. The summed E-state index contributed by atoms with van der Waals surface area (Å²) in [6.45, 7) is 0.251. The standard InChI is InChI=1S/C25H25NO4S/c1-28-21-10-7-18(8-11-21)13-20(14-19-9-12-23-24(15-19)30-17-29-23)26-25(27)16-31-22-5-3-2-4-6-22/h2-12,15,20H,13-14,16-17H2,1H3,(H,26,27)/t20-/m1/s1. The Morgan fingerprint density at radius 1 is 0.968 bits per heavy atom. The first-order chi connectivity index (χ1) is 15.2. The summed E-state index contributed by atoms with van der Waals surface area (Å²) in [4.78, 5) is 13.8. The van der Waals surface area contributed by atoms with Crippen LogP contribution in [0.3, 0.4) is 0 Å². The number of fused-ring (bicyclic) bond motifs is 1. The Balaban J connectivity index is 1.43. The fourth-order valence-corrected chi connectivity index (χ4v) is 4.24. The first kappa shape index (κ1) is 21.1. The van der Waals surface area contributed by atoms with Crippen LogP contribution in [0.5, 0.6) is 17.2 Å². The fraction of sp³-hybridized carbons (Fsp3) is 0.240. The maximum Gasteiger partial charge on any atom is 0.231 e. The number of amides is 1. The van der Waals surface area contributed by atoms with E-state index in [0.717, 1.165) is 39.7 Å². The third-order valence-electron chi connectivity index (χ3n) is 5.04. The van der Waals surface area contributed by atoms with E-state index in [9.17, 15) is 4.79 Å². The van der Waals surface area contributed by atoms with E-state index in [4.69, 9.17) is 14.2 Å². The van der Waals surface area contributed by atoms with Crippen LogP contribution in [-0.2, 0) is 17.6 Å². The van der Waals surface area contributed by atoms with Crippen molar-refractivity contribution in [3.05, 3.63) is 83.9 Å². The molecule has 1 N–H and O–H groups in total. The van der Waals surface area contributed by atoms with Crippen molar-refractivity contribution in [1.29, 1.82) is 0 Å². The third-order valence-corrected chi connectivity index (χ3v) is 6.05. The average molecular weight is 436 g/mol. The van der Waals surface area contributed by atoms with Gasteiger partial charge < -0.3 is 19.5 Å². The molecule has 3 aromatic rings. The molecular weight excluding hydrogens is 410 g/mol. The van der Waals surface area contributed by atoms with E-state index in [-0.39, 0.29) is 18.7 Å². The normalized spacial score (nSPS) is 12.9. The highest BCUT2D eigenvalue weighted by molar-refractivity contribution is 8.00. The van der Waals surface area contributed by atoms with Gasteiger partial charge in [-0.1, -0.05) is 36.4 Å². The number of thioether (sulfide) groups is 1. The Hall–Kier alpha value is -3.12. The van der Waals surface area contributed by atoms with Gasteiger partial charge in [-0.25, -0.2) is 0 Å². The van der Waals surface area contributed by atoms with Crippen LogP contribution in [0.1, 0.15) is 11.1 Å². The fourth-order valence-electron chi connectivity index (χ4n) is 3.51. The van der Waals surface area contributed by atoms with E-state index < -0.39 is 0 Å². The molecule has 0 unspecified atom stereocenters. The molecule has 1 atom stereocenters. The highest BCUT2D eigenvalue weighted by Crippen LogP contribution is 2.33. The second kappa shape index (κ2) is 10.3. The molecule has 0 saturated heterocycles. The van der Waals surface area contributed by atoms with Crippen molar-refractivity contribution in [1.82, 2.24) is 5.32 Å². The lowest BCUT2D eigenvalue weighted by molar-refractivity contribution is -0.119. The summed E-state index contributed by atoms with van der Waals surface area (Å²) in [7, 11) is 1.65. The van der Waals surface area contributed by atoms with Crippen molar-refractivity contribution in [3.8, 4) is 17.2 Å². The van der Waals surface area contributed by atoms with Gasteiger partial charge in [-0.2, -0.15) is 0 Å². The third kappa shape index (κ3) is 5.95. The van der Waals surface area contributed by atoms with E-state index in [1.807, 2.05) is 72.8 Å². The number of methoxy groups -OCH3 is 1. The van der Waals surface area contributed by atoms with Crippen molar-refractivity contribution in [2.45, 2.75) is 23.8 Å². The number of benzene rings is 3. The molecule has 0 bridgehead atoms. The summed E-state index contributed by atoms with van der Waals surface area (Å²) in [5.74, 6) is 2.74. The lowest BCUT2D eigenvalue weighted by Gasteiger charge is -2.20. The maximum absolute atomic E-state index is 12.7. The van der Waals surface area contributed by atoms with Crippen molar-refractivity contribution in [2.75, 3.05) is 19.7 Å². The number of rotatable bonds is 9. The molecule has 31 heavy (non-hydrogen) atoms. The molecule has 4 rings (SSSR count). The molecule has 0 radical (unpaired) electrons. The molecule has 3 aromatic carbocycles. The highest BCUT2D eigenvalue weighted by atomic mass is 32.2. The first-order valence-corrected chi connectivity index (χ1v) is 11.2. The van der Waals surface area contributed by atoms with Gasteiger partial charge in [0.2, 0.25) is 12.7 Å². The number of carbonyl (C=O) groups excluding carboxylic acids is 1. The van der Waals surface area contributed by atoms with E-state index in [1.54, 1.807) is 7.11 Å². The Kier molecular flexibility index (Phi) is 6.99. The number of carbonyl (C=O) groups is 1. The molecule has 5 nitrogen and oxygen atoms in total. The van der Waals surface area contributed by atoms with E-state index in [0.29, 0.717) is 12.2 Å². The van der Waals surface area contributed by atoms with Crippen molar-refractivity contribution in [2.24, 2.45) is 0 Å². The smallest absolute Gasteiger partial charge is 0.231 e. The predicted octanol–water partition coefficient (Wildman–Crippen LogP) is 4.49. The summed E-state index contributed by atoms with van der Waals surface area (Å²) >= 11 is 1.54. The zero-order valence-electron chi connectivity index (χ0n) is 17.4. The van der Waals surface area contributed by atoms with Gasteiger partial charge >= 0.3 is 0 Å². The van der Waals surface area contributed by atoms with Gasteiger partial charge in [0.25, 0.3) is 0 Å². The van der Waals surface area contributed by atoms with Gasteiger partial charge in [-0.05, 0) is 60.4 Å². The number of hydrogen-bond acceptors (Lipinski definition) is 5. The molecule has 1 amide bonds. The van der Waals surface area contributed by atoms with Gasteiger partial charge in [0.15, 0.2) is 11.5 Å². The van der Waals surface area contributed by atoms with Crippen LogP contribution in [-0.4, -0.2) is 31.6 Å². The number of ether oxygens (including phenoxy) is 3. The second-order valence-corrected chi connectivity index (χ2v) is 8.36. The largest absolute Gasteiger partial charge is 0.497 e. The van der Waals surface area contributed by atoms with Gasteiger partial charge in [-0.3, -0.25) is 4.79 Å². The minimum absolute atomic E-state index is 0.0214. The second-order valence-electron chi connectivity index (χ2n) is 7.31. The predicted molar refractivity (Wildman–Crippen MR) is 122 cm³/mol. The number of nitrogens with one attached hydrogen (secondary N) is 1. The molecule has 1 heterocycles. The molecule has 1 aliphatic rings. The molecule has 6 heteroatoms. The highest BCUT2D eigenvalue weighted by Gasteiger charge is 2.18. The Morgan fingerprint density at radius 3 is 2.45 bits per heavy atom. The summed E-state index contributed by atoms with van der Waals surface area (Å²) in [5, 5.41) is 3.22. The molecule has 160 valence electrons. The van der Waals surface area contributed by atoms with Crippen molar-refractivity contribution >= 4 is 17.7 Å². The van der Waals surface area contributed by atoms with E-state index >= 15 is 0 Å². The minimum atomic E-state index is -0.0439. The summed E-state index contributed by atoms with van der Waals surface area (Å²) in [5.41, 5.74) is 2.24. The molecule has 0 fully saturated rings. The van der Waals surface area contributed by atoms with Crippen LogP contribution in [0.25, 0.3) is 0 Å². The molecule has 0 saturated carbocycles. The maximum atomic E-state index is 12.7. The van der Waals surface area contributed by atoms with Gasteiger partial charge in [0.1, 0.15) is 5.75 Å². The molecule has 0 aromatic heterocycles. The van der Waals surface area contributed by atoms with Crippen LogP contribution in [0.15, 0.2) is 77.7 Å². The van der Waals surface area contributed by atoms with Crippen LogP contribution < -0.4 is 19.5 Å². The van der Waals surface area contributed by atoms with Gasteiger partial charge in [0, 0.05) is 10.9 Å². The Morgan fingerprint density at radius 2 is 1.68 bits per heavy atom. The Labute approximate surface area is 186 Å². The van der Waals surface area contributed by atoms with Crippen LogP contribution >= 0.6 is 11.8 Å². The van der Waals surface area contributed by atoms with E-state index in [1.165, 1.54) is 11.8 Å². The van der Waals surface area contributed by atoms with Crippen molar-refractivity contribution < 1.29 is 19.0 Å². The summed E-state index contributed by atoms with van der Waals surface area (Å²) < 4.78 is 16.2. The Bertz CT molecular complexity index is 1010. The lowest BCUT2D eigenvalue weighted by Crippen LogP contribution is -2.39. The molecule has 0 aliphatic carbocycles. The molecule has 0 spiro atoms. The van der Waals surface area contributed by atoms with E-state index in [2.05, 4.69) is 5.32 Å². The molecule has 1 aliphatic heterocycles. The van der Waals surface area contributed by atoms with Gasteiger partial charge in [0.05, 0.1) is 12.9 Å². The number of hydrogen-bond donors (Lipinski definition) is 1. The van der Waals surface area contributed by atoms with Crippen LogP contribution in [0, 0.1) is 0 Å². The minimum Gasteiger partial charge on any atom is -0.497 e. The quantitative estimate of drug-likeness (QED) is 0.502. The van der Waals surface area contributed by atoms with Gasteiger partial charge in [-0.15, -0.1) is 11.8 Å². The zero-order valence-corrected chi connectivity index (χ0v) is 18.2. The topological polar surface area (TPSA) is 56.8 Å². The van der Waals surface area contributed by atoms with Crippen LogP contribution in [0.2, 0.25) is 0 Å². The van der Waals surface area contributed by atoms with Crippen LogP contribution in [0.4, 0.5) is 0 Å². The lowest BCUT2D eigenvalue weighted by atomic mass is 9.98. The van der Waals surface area contributed by atoms with Crippen molar-refractivity contribution in [3.63, 3.8) is 0 Å².